The lowest BCUT2D eigenvalue weighted by molar-refractivity contribution is -0.116. The van der Waals surface area contributed by atoms with E-state index in [4.69, 9.17) is 5.73 Å². The standard InChI is InChI=1S/C16H23N3O/c17-14-4-1-2-5-15(14)18-16(20)6-3-9-19-11-12-7-8-13(19)10-12/h1-2,4-5,12-13H,3,6-11,17H2,(H,18,20). The van der Waals surface area contributed by atoms with Crippen LogP contribution in [0.2, 0.25) is 0 Å². The smallest absolute Gasteiger partial charge is 0.224 e. The number of nitrogens with one attached hydrogen (secondary N) is 1. The Morgan fingerprint density at radius 2 is 2.20 bits per heavy atom. The van der Waals surface area contributed by atoms with Gasteiger partial charge in [-0.2, -0.15) is 0 Å². The summed E-state index contributed by atoms with van der Waals surface area (Å²) >= 11 is 0. The monoisotopic (exact) mass is 273 g/mol. The Hall–Kier alpha value is -1.55. The Balaban J connectivity index is 1.40. The molecule has 2 fully saturated rings. The topological polar surface area (TPSA) is 58.4 Å². The molecule has 20 heavy (non-hydrogen) atoms. The number of fused-ring (bicyclic) bond motifs is 2. The molecule has 1 amide bonds. The van der Waals surface area contributed by atoms with Crippen molar-refractivity contribution in [2.75, 3.05) is 24.1 Å². The number of piperidine rings is 1. The van der Waals surface area contributed by atoms with Crippen molar-refractivity contribution in [1.82, 2.24) is 4.90 Å². The Labute approximate surface area is 120 Å². The number of rotatable bonds is 5. The summed E-state index contributed by atoms with van der Waals surface area (Å²) in [5.74, 6) is 0.991. The number of hydrogen-bond acceptors (Lipinski definition) is 3. The van der Waals surface area contributed by atoms with Crippen LogP contribution in [-0.2, 0) is 4.79 Å². The number of nitrogens with two attached hydrogens (primary N) is 1. The van der Waals surface area contributed by atoms with E-state index in [-0.39, 0.29) is 5.91 Å². The number of anilines is 2. The van der Waals surface area contributed by atoms with Crippen LogP contribution in [0, 0.1) is 5.92 Å². The highest BCUT2D eigenvalue weighted by Crippen LogP contribution is 2.37. The van der Waals surface area contributed by atoms with Crippen molar-refractivity contribution in [1.29, 1.82) is 0 Å². The third-order valence-corrected chi connectivity index (χ3v) is 4.61. The molecule has 2 bridgehead atoms. The van der Waals surface area contributed by atoms with Crippen LogP contribution in [0.1, 0.15) is 32.1 Å². The van der Waals surface area contributed by atoms with Gasteiger partial charge in [-0.05, 0) is 50.3 Å². The molecule has 1 saturated carbocycles. The molecule has 4 heteroatoms. The Morgan fingerprint density at radius 1 is 1.35 bits per heavy atom. The lowest BCUT2D eigenvalue weighted by atomic mass is 10.1. The number of para-hydroxylation sites is 2. The first-order valence-electron chi connectivity index (χ1n) is 7.61. The van der Waals surface area contributed by atoms with Crippen LogP contribution < -0.4 is 11.1 Å². The minimum Gasteiger partial charge on any atom is -0.397 e. The second kappa shape index (κ2) is 5.83. The van der Waals surface area contributed by atoms with Crippen LogP contribution in [0.3, 0.4) is 0 Å². The van der Waals surface area contributed by atoms with E-state index in [0.717, 1.165) is 30.6 Å². The zero-order valence-corrected chi connectivity index (χ0v) is 11.8. The molecule has 0 spiro atoms. The molecule has 0 aromatic heterocycles. The van der Waals surface area contributed by atoms with Gasteiger partial charge in [0.05, 0.1) is 11.4 Å². The zero-order valence-electron chi connectivity index (χ0n) is 11.8. The predicted molar refractivity (Wildman–Crippen MR) is 81.4 cm³/mol. The number of nitrogens with zero attached hydrogens (tertiary/aromatic N) is 1. The zero-order chi connectivity index (χ0) is 13.9. The number of hydrogen-bond donors (Lipinski definition) is 2. The molecule has 4 nitrogen and oxygen atoms in total. The highest BCUT2D eigenvalue weighted by molar-refractivity contribution is 5.93. The molecule has 2 unspecified atom stereocenters. The van der Waals surface area contributed by atoms with E-state index in [1.54, 1.807) is 6.07 Å². The van der Waals surface area contributed by atoms with Crippen LogP contribution >= 0.6 is 0 Å². The maximum absolute atomic E-state index is 11.9. The summed E-state index contributed by atoms with van der Waals surface area (Å²) in [6.07, 6.45) is 5.66. The first kappa shape index (κ1) is 13.4. The summed E-state index contributed by atoms with van der Waals surface area (Å²) in [5.41, 5.74) is 7.16. The predicted octanol–water partition coefficient (Wildman–Crippen LogP) is 2.47. The fourth-order valence-electron chi connectivity index (χ4n) is 3.57. The first-order chi connectivity index (χ1) is 9.72. The molecular weight excluding hydrogens is 250 g/mol. The molecule has 1 aliphatic heterocycles. The number of carbonyl (C=O) groups is 1. The van der Waals surface area contributed by atoms with E-state index < -0.39 is 0 Å². The minimum atomic E-state index is 0.0623. The van der Waals surface area contributed by atoms with Crippen molar-refractivity contribution in [3.05, 3.63) is 24.3 Å². The van der Waals surface area contributed by atoms with Crippen LogP contribution in [0.4, 0.5) is 11.4 Å². The normalized spacial score (nSPS) is 25.0. The summed E-state index contributed by atoms with van der Waals surface area (Å²) in [4.78, 5) is 14.5. The van der Waals surface area contributed by atoms with E-state index >= 15 is 0 Å². The molecule has 0 radical (unpaired) electrons. The quantitative estimate of drug-likeness (QED) is 0.810. The molecule has 3 rings (SSSR count). The van der Waals surface area contributed by atoms with Crippen molar-refractivity contribution in [2.45, 2.75) is 38.1 Å². The third-order valence-electron chi connectivity index (χ3n) is 4.61. The van der Waals surface area contributed by atoms with Crippen LogP contribution in [0.15, 0.2) is 24.3 Å². The molecule has 108 valence electrons. The summed E-state index contributed by atoms with van der Waals surface area (Å²) in [6, 6.07) is 8.19. The highest BCUT2D eigenvalue weighted by atomic mass is 16.1. The summed E-state index contributed by atoms with van der Waals surface area (Å²) in [7, 11) is 0. The van der Waals surface area contributed by atoms with Gasteiger partial charge < -0.3 is 16.0 Å². The first-order valence-corrected chi connectivity index (χ1v) is 7.61. The van der Waals surface area contributed by atoms with Gasteiger partial charge in [-0.25, -0.2) is 0 Å². The molecule has 2 atom stereocenters. The highest BCUT2D eigenvalue weighted by Gasteiger charge is 2.36. The number of amides is 1. The van der Waals surface area contributed by atoms with E-state index in [0.29, 0.717) is 12.1 Å². The lowest BCUT2D eigenvalue weighted by Gasteiger charge is -2.26. The number of likely N-dealkylation sites (tertiary alicyclic amines) is 1. The van der Waals surface area contributed by atoms with Gasteiger partial charge in [-0.3, -0.25) is 4.79 Å². The lowest BCUT2D eigenvalue weighted by Crippen LogP contribution is -2.33. The largest absolute Gasteiger partial charge is 0.397 e. The van der Waals surface area contributed by atoms with Gasteiger partial charge in [0.1, 0.15) is 0 Å². The third kappa shape index (κ3) is 2.96. The summed E-state index contributed by atoms with van der Waals surface area (Å²) in [6.45, 7) is 2.30. The number of nitrogen functional groups attached to an aromatic ring is 1. The fraction of sp³-hybridized carbons (Fsp3) is 0.562. The molecule has 1 heterocycles. The molecule has 1 saturated heterocycles. The molecule has 1 aromatic rings. The Bertz CT molecular complexity index is 488. The second-order valence-electron chi connectivity index (χ2n) is 6.07. The Morgan fingerprint density at radius 3 is 2.90 bits per heavy atom. The van der Waals surface area contributed by atoms with Gasteiger partial charge in [-0.1, -0.05) is 12.1 Å². The van der Waals surface area contributed by atoms with Gasteiger partial charge in [0.15, 0.2) is 0 Å². The van der Waals surface area contributed by atoms with Gasteiger partial charge in [0, 0.05) is 19.0 Å². The van der Waals surface area contributed by atoms with E-state index in [1.165, 1.54) is 25.8 Å². The van der Waals surface area contributed by atoms with E-state index in [2.05, 4.69) is 10.2 Å². The summed E-state index contributed by atoms with van der Waals surface area (Å²) < 4.78 is 0. The average molecular weight is 273 g/mol. The molecule has 1 aromatic carbocycles. The minimum absolute atomic E-state index is 0.0623. The van der Waals surface area contributed by atoms with Crippen molar-refractivity contribution in [3.63, 3.8) is 0 Å². The average Bonchev–Trinajstić information content (AvgIpc) is 3.04. The number of carbonyl (C=O) groups excluding carboxylic acids is 1. The van der Waals surface area contributed by atoms with Gasteiger partial charge in [0.25, 0.3) is 0 Å². The van der Waals surface area contributed by atoms with Gasteiger partial charge in [0.2, 0.25) is 5.91 Å². The summed E-state index contributed by atoms with van der Waals surface area (Å²) in [5, 5.41) is 2.89. The van der Waals surface area contributed by atoms with Gasteiger partial charge >= 0.3 is 0 Å². The maximum atomic E-state index is 11.9. The fourth-order valence-corrected chi connectivity index (χ4v) is 3.57. The molecule has 1 aliphatic carbocycles. The van der Waals surface area contributed by atoms with Crippen molar-refractivity contribution in [3.8, 4) is 0 Å². The maximum Gasteiger partial charge on any atom is 0.224 e. The van der Waals surface area contributed by atoms with E-state index in [9.17, 15) is 4.79 Å². The molecular formula is C16H23N3O. The van der Waals surface area contributed by atoms with E-state index in [1.807, 2.05) is 18.2 Å². The van der Waals surface area contributed by atoms with Crippen LogP contribution in [-0.4, -0.2) is 29.9 Å². The second-order valence-corrected chi connectivity index (χ2v) is 6.07. The van der Waals surface area contributed by atoms with Crippen LogP contribution in [0.25, 0.3) is 0 Å². The van der Waals surface area contributed by atoms with Crippen molar-refractivity contribution in [2.24, 2.45) is 5.92 Å². The van der Waals surface area contributed by atoms with Gasteiger partial charge in [-0.15, -0.1) is 0 Å². The SMILES string of the molecule is Nc1ccccc1NC(=O)CCCN1CC2CCC1C2. The number of benzene rings is 1. The Kier molecular flexibility index (Phi) is 3.92. The molecule has 2 aliphatic rings. The van der Waals surface area contributed by atoms with Crippen molar-refractivity contribution >= 4 is 17.3 Å². The molecule has 3 N–H and O–H groups in total. The van der Waals surface area contributed by atoms with Crippen LogP contribution in [0.5, 0.6) is 0 Å². The van der Waals surface area contributed by atoms with Crippen molar-refractivity contribution < 1.29 is 4.79 Å².